The summed E-state index contributed by atoms with van der Waals surface area (Å²) in [6.45, 7) is 2.63. The molecule has 0 saturated heterocycles. The zero-order valence-electron chi connectivity index (χ0n) is 4.85. The number of hydrogen-bond donors (Lipinski definition) is 3. The molecular weight excluding hydrogens is 90.1 g/mol. The van der Waals surface area contributed by atoms with Gasteiger partial charge in [-0.05, 0) is 6.42 Å². The van der Waals surface area contributed by atoms with Crippen LogP contribution in [-0.4, -0.2) is 12.6 Å². The summed E-state index contributed by atoms with van der Waals surface area (Å²) in [4.78, 5) is 0. The molecule has 0 heterocycles. The quantitative estimate of drug-likeness (QED) is 0.456. The van der Waals surface area contributed by atoms with E-state index < -0.39 is 0 Å². The van der Waals surface area contributed by atoms with E-state index in [9.17, 15) is 0 Å². The standard InChI is InChI=1S/C4H12N2.H3N/c1-2-4(6)3-5;/h4H,2-3,5-6H2,1H3;1H3. The Morgan fingerprint density at radius 3 is 2.00 bits per heavy atom. The average Bonchev–Trinajstić information content (AvgIpc) is 1.65. The van der Waals surface area contributed by atoms with Gasteiger partial charge in [-0.3, -0.25) is 0 Å². The van der Waals surface area contributed by atoms with Gasteiger partial charge >= 0.3 is 0 Å². The first-order chi connectivity index (χ1) is 2.81. The van der Waals surface area contributed by atoms with Gasteiger partial charge in [0.1, 0.15) is 0 Å². The molecule has 0 saturated carbocycles. The Labute approximate surface area is 44.6 Å². The van der Waals surface area contributed by atoms with Crippen LogP contribution >= 0.6 is 0 Å². The largest absolute Gasteiger partial charge is 0.344 e. The van der Waals surface area contributed by atoms with Crippen molar-refractivity contribution < 1.29 is 0 Å². The molecule has 0 rings (SSSR count). The van der Waals surface area contributed by atoms with Crippen molar-refractivity contribution in [3.63, 3.8) is 0 Å². The minimum Gasteiger partial charge on any atom is -0.344 e. The van der Waals surface area contributed by atoms with Crippen molar-refractivity contribution in [2.24, 2.45) is 11.5 Å². The molecular formula is C4H15N3. The molecule has 1 atom stereocenters. The van der Waals surface area contributed by atoms with Gasteiger partial charge in [0.25, 0.3) is 0 Å². The fourth-order valence-corrected chi connectivity index (χ4v) is 0.167. The Morgan fingerprint density at radius 1 is 1.57 bits per heavy atom. The highest BCUT2D eigenvalue weighted by molar-refractivity contribution is 4.55. The van der Waals surface area contributed by atoms with E-state index >= 15 is 0 Å². The van der Waals surface area contributed by atoms with Crippen LogP contribution in [0.4, 0.5) is 0 Å². The van der Waals surface area contributed by atoms with Crippen molar-refractivity contribution >= 4 is 0 Å². The highest BCUT2D eigenvalue weighted by Gasteiger charge is 1.88. The third kappa shape index (κ3) is 5.88. The molecule has 0 fully saturated rings. The summed E-state index contributed by atoms with van der Waals surface area (Å²) in [6, 6.07) is 0.213. The fraction of sp³-hybridized carbons (Fsp3) is 1.00. The average molecular weight is 105 g/mol. The molecule has 0 aromatic carbocycles. The van der Waals surface area contributed by atoms with Crippen LogP contribution in [0.5, 0.6) is 0 Å². The van der Waals surface area contributed by atoms with Crippen molar-refractivity contribution in [2.75, 3.05) is 6.54 Å². The van der Waals surface area contributed by atoms with Gasteiger partial charge in [0.05, 0.1) is 0 Å². The van der Waals surface area contributed by atoms with Crippen molar-refractivity contribution in [3.8, 4) is 0 Å². The second kappa shape index (κ2) is 5.88. The monoisotopic (exact) mass is 105 g/mol. The summed E-state index contributed by atoms with van der Waals surface area (Å²) < 4.78 is 0. The van der Waals surface area contributed by atoms with Gasteiger partial charge in [0.2, 0.25) is 0 Å². The molecule has 0 spiro atoms. The van der Waals surface area contributed by atoms with Gasteiger partial charge in [0, 0.05) is 12.6 Å². The van der Waals surface area contributed by atoms with Gasteiger partial charge in [-0.1, -0.05) is 6.92 Å². The first-order valence-corrected chi connectivity index (χ1v) is 2.27. The number of rotatable bonds is 2. The van der Waals surface area contributed by atoms with E-state index in [-0.39, 0.29) is 12.2 Å². The highest BCUT2D eigenvalue weighted by atomic mass is 14.7. The summed E-state index contributed by atoms with van der Waals surface area (Å²) in [6.07, 6.45) is 0.983. The van der Waals surface area contributed by atoms with Crippen molar-refractivity contribution in [1.82, 2.24) is 6.15 Å². The highest BCUT2D eigenvalue weighted by Crippen LogP contribution is 1.77. The Kier molecular flexibility index (Phi) is 8.39. The zero-order valence-corrected chi connectivity index (χ0v) is 4.85. The van der Waals surface area contributed by atoms with Gasteiger partial charge in [0.15, 0.2) is 0 Å². The lowest BCUT2D eigenvalue weighted by molar-refractivity contribution is 0.660. The lowest BCUT2D eigenvalue weighted by Gasteiger charge is -1.99. The second-order valence-electron chi connectivity index (χ2n) is 1.40. The SMILES string of the molecule is CCC(N)CN.N. The van der Waals surface area contributed by atoms with Crippen LogP contribution < -0.4 is 17.6 Å². The number of hydrogen-bond acceptors (Lipinski definition) is 3. The second-order valence-corrected chi connectivity index (χ2v) is 1.40. The normalized spacial score (nSPS) is 12.4. The zero-order chi connectivity index (χ0) is 4.99. The van der Waals surface area contributed by atoms with Crippen molar-refractivity contribution in [1.29, 1.82) is 0 Å². The van der Waals surface area contributed by atoms with Crippen LogP contribution in [0.1, 0.15) is 13.3 Å². The molecule has 3 heteroatoms. The van der Waals surface area contributed by atoms with Gasteiger partial charge in [-0.2, -0.15) is 0 Å². The topological polar surface area (TPSA) is 87.0 Å². The predicted molar refractivity (Wildman–Crippen MR) is 32.3 cm³/mol. The van der Waals surface area contributed by atoms with Crippen molar-refractivity contribution in [2.45, 2.75) is 19.4 Å². The van der Waals surface area contributed by atoms with Crippen molar-refractivity contribution in [3.05, 3.63) is 0 Å². The van der Waals surface area contributed by atoms with Crippen LogP contribution in [0.2, 0.25) is 0 Å². The molecule has 0 aliphatic carbocycles. The lowest BCUT2D eigenvalue weighted by Crippen LogP contribution is -2.28. The maximum absolute atomic E-state index is 5.35. The number of nitrogens with two attached hydrogens (primary N) is 2. The molecule has 0 radical (unpaired) electrons. The van der Waals surface area contributed by atoms with Gasteiger partial charge < -0.3 is 17.6 Å². The molecule has 7 N–H and O–H groups in total. The molecule has 46 valence electrons. The first-order valence-electron chi connectivity index (χ1n) is 2.27. The fourth-order valence-electron chi connectivity index (χ4n) is 0.167. The van der Waals surface area contributed by atoms with E-state index in [0.29, 0.717) is 6.54 Å². The molecule has 3 nitrogen and oxygen atoms in total. The molecule has 0 bridgehead atoms. The van der Waals surface area contributed by atoms with Crippen LogP contribution in [0.15, 0.2) is 0 Å². The molecule has 0 aromatic rings. The smallest absolute Gasteiger partial charge is 0.0160 e. The predicted octanol–water partition coefficient (Wildman–Crippen LogP) is -0.156. The van der Waals surface area contributed by atoms with Crippen LogP contribution in [0, 0.1) is 0 Å². The summed E-state index contributed by atoms with van der Waals surface area (Å²) >= 11 is 0. The molecule has 0 aliphatic rings. The maximum atomic E-state index is 5.35. The molecule has 0 aliphatic heterocycles. The summed E-state index contributed by atoms with van der Waals surface area (Å²) in [5.74, 6) is 0. The maximum Gasteiger partial charge on any atom is 0.0160 e. The first kappa shape index (κ1) is 9.99. The molecule has 1 unspecified atom stereocenters. The van der Waals surface area contributed by atoms with E-state index in [2.05, 4.69) is 0 Å². The van der Waals surface area contributed by atoms with Gasteiger partial charge in [-0.25, -0.2) is 0 Å². The van der Waals surface area contributed by atoms with E-state index in [1.165, 1.54) is 0 Å². The summed E-state index contributed by atoms with van der Waals surface area (Å²) in [7, 11) is 0. The molecule has 7 heavy (non-hydrogen) atoms. The Morgan fingerprint density at radius 2 is 2.00 bits per heavy atom. The summed E-state index contributed by atoms with van der Waals surface area (Å²) in [5.41, 5.74) is 10.5. The van der Waals surface area contributed by atoms with Crippen LogP contribution in [0.25, 0.3) is 0 Å². The Balaban J connectivity index is 0. The van der Waals surface area contributed by atoms with Crippen LogP contribution in [0.3, 0.4) is 0 Å². The Bertz CT molecular complexity index is 26.1. The van der Waals surface area contributed by atoms with Crippen LogP contribution in [-0.2, 0) is 0 Å². The third-order valence-electron chi connectivity index (χ3n) is 0.827. The third-order valence-corrected chi connectivity index (χ3v) is 0.827. The van der Waals surface area contributed by atoms with E-state index in [0.717, 1.165) is 6.42 Å². The minimum atomic E-state index is 0. The summed E-state index contributed by atoms with van der Waals surface area (Å²) in [5, 5.41) is 0. The minimum absolute atomic E-state index is 0. The van der Waals surface area contributed by atoms with E-state index in [1.54, 1.807) is 0 Å². The van der Waals surface area contributed by atoms with E-state index in [1.807, 2.05) is 6.92 Å². The molecule has 0 aromatic heterocycles. The Hall–Kier alpha value is -0.120. The lowest BCUT2D eigenvalue weighted by atomic mass is 10.2. The molecule has 0 amide bonds. The van der Waals surface area contributed by atoms with Gasteiger partial charge in [-0.15, -0.1) is 0 Å². The van der Waals surface area contributed by atoms with E-state index in [4.69, 9.17) is 11.5 Å².